The maximum Gasteiger partial charge on any atom is 0.409 e. The van der Waals surface area contributed by atoms with Gasteiger partial charge >= 0.3 is 6.09 Å². The minimum atomic E-state index is -0.239. The van der Waals surface area contributed by atoms with Gasteiger partial charge in [0.05, 0.1) is 19.0 Å². The van der Waals surface area contributed by atoms with Crippen LogP contribution in [-0.2, 0) is 17.8 Å². The van der Waals surface area contributed by atoms with Crippen molar-refractivity contribution in [2.75, 3.05) is 43.4 Å². The Morgan fingerprint density at radius 1 is 0.727 bits per heavy atom. The van der Waals surface area contributed by atoms with E-state index in [2.05, 4.69) is 32.2 Å². The van der Waals surface area contributed by atoms with Crippen LogP contribution in [0.4, 0.5) is 16.4 Å². The van der Waals surface area contributed by atoms with E-state index in [-0.39, 0.29) is 12.0 Å². The molecule has 12 nitrogen and oxygen atoms in total. The normalized spacial score (nSPS) is 15.2. The van der Waals surface area contributed by atoms with Gasteiger partial charge in [0.15, 0.2) is 11.3 Å². The van der Waals surface area contributed by atoms with Gasteiger partial charge in [0.25, 0.3) is 0 Å². The highest BCUT2D eigenvalue weighted by molar-refractivity contribution is 6.35. The summed E-state index contributed by atoms with van der Waals surface area (Å²) in [6, 6.07) is 19.0. The summed E-state index contributed by atoms with van der Waals surface area (Å²) in [6.45, 7) is 6.76. The van der Waals surface area contributed by atoms with Crippen LogP contribution < -0.4 is 16.0 Å². The highest BCUT2D eigenvalue weighted by Crippen LogP contribution is 2.31. The minimum Gasteiger partial charge on any atom is -0.450 e. The molecule has 2 fully saturated rings. The van der Waals surface area contributed by atoms with E-state index in [0.29, 0.717) is 58.8 Å². The lowest BCUT2D eigenvalue weighted by Crippen LogP contribution is -2.38. The van der Waals surface area contributed by atoms with Gasteiger partial charge in [-0.1, -0.05) is 58.5 Å². The number of rotatable bonds is 9. The molecule has 2 saturated heterocycles. The van der Waals surface area contributed by atoms with Crippen molar-refractivity contribution in [2.45, 2.75) is 57.5 Å². The van der Waals surface area contributed by atoms with Crippen LogP contribution in [-0.4, -0.2) is 73.0 Å². The number of likely N-dealkylation sites (tertiary alicyclic amines) is 1. The fraction of sp³-hybridized carbons (Fsp3) is 0.359. The van der Waals surface area contributed by atoms with E-state index in [1.165, 1.54) is 0 Å². The number of fused-ring (bicyclic) bond motifs is 2. The summed E-state index contributed by atoms with van der Waals surface area (Å²) in [5, 5.41) is 21.6. The van der Waals surface area contributed by atoms with Crippen LogP contribution in [0.15, 0.2) is 73.1 Å². The number of piperidine rings is 2. The van der Waals surface area contributed by atoms with Crippen molar-refractivity contribution in [1.29, 1.82) is 0 Å². The minimum absolute atomic E-state index is 0.239. The topological polar surface area (TPSA) is 126 Å². The zero-order valence-corrected chi connectivity index (χ0v) is 33.3. The van der Waals surface area contributed by atoms with Crippen molar-refractivity contribution in [3.63, 3.8) is 0 Å². The first-order valence-corrected chi connectivity index (χ1v) is 19.9. The smallest absolute Gasteiger partial charge is 0.409 e. The number of nitrogens with one attached hydrogen (secondary N) is 3. The Morgan fingerprint density at radius 2 is 1.22 bits per heavy atom. The van der Waals surface area contributed by atoms with Gasteiger partial charge in [0, 0.05) is 93.8 Å². The first kappa shape index (κ1) is 38.9. The van der Waals surface area contributed by atoms with Gasteiger partial charge in [-0.05, 0) is 81.1 Å². The number of carbonyl (C=O) groups excluding carboxylic acids is 1. The van der Waals surface area contributed by atoms with Crippen LogP contribution in [0.2, 0.25) is 20.1 Å². The fourth-order valence-electron chi connectivity index (χ4n) is 6.93. The summed E-state index contributed by atoms with van der Waals surface area (Å²) in [5.74, 6) is 2.53. The quantitative estimate of drug-likeness (QED) is 0.131. The standard InChI is InChI=1S/C21H23Cl2N5O2.C18H19Cl2N5/c1-2-30-21(29)27-9-6-14(7-10-27)18-12-20(28-19(26-18)5-8-25-28)24-13-15-3-4-16(22)11-17(15)23;19-14-2-1-13(15(20)9-14)11-22-18-10-16(12-3-6-21-7-4-12)24-17-5-8-23-25(17)18/h3-5,8,11-12,14,24H,2,6-7,9-10,13H2,1H3;1-2,5,8-10,12,21-22H,3-4,6-7,11H2. The van der Waals surface area contributed by atoms with Crippen molar-refractivity contribution in [3.05, 3.63) is 116 Å². The molecule has 0 atom stereocenters. The number of hydrogen-bond donors (Lipinski definition) is 3. The summed E-state index contributed by atoms with van der Waals surface area (Å²) in [7, 11) is 0. The molecule has 0 unspecified atom stereocenters. The average molecular weight is 825 g/mol. The second-order valence-electron chi connectivity index (χ2n) is 13.5. The maximum absolute atomic E-state index is 12.0. The Morgan fingerprint density at radius 3 is 1.69 bits per heavy atom. The monoisotopic (exact) mass is 822 g/mol. The molecule has 3 N–H and O–H groups in total. The van der Waals surface area contributed by atoms with Crippen molar-refractivity contribution >= 4 is 75.4 Å². The summed E-state index contributed by atoms with van der Waals surface area (Å²) in [5.41, 5.74) is 5.70. The van der Waals surface area contributed by atoms with Crippen LogP contribution in [0.5, 0.6) is 0 Å². The Bertz CT molecular complexity index is 2250. The van der Waals surface area contributed by atoms with Gasteiger partial charge in [0.2, 0.25) is 0 Å². The maximum atomic E-state index is 12.0. The van der Waals surface area contributed by atoms with Crippen molar-refractivity contribution < 1.29 is 9.53 Å². The molecule has 1 amide bonds. The van der Waals surface area contributed by atoms with Crippen molar-refractivity contribution in [1.82, 2.24) is 39.4 Å². The third kappa shape index (κ3) is 9.56. The zero-order valence-electron chi connectivity index (χ0n) is 30.3. The number of ether oxygens (including phenoxy) is 1. The predicted molar refractivity (Wildman–Crippen MR) is 219 cm³/mol. The Hall–Kier alpha value is -4.33. The second-order valence-corrected chi connectivity index (χ2v) is 15.2. The van der Waals surface area contributed by atoms with Crippen LogP contribution in [0.25, 0.3) is 11.3 Å². The number of hydrogen-bond acceptors (Lipinski definition) is 9. The van der Waals surface area contributed by atoms with Crippen LogP contribution in [0.1, 0.15) is 67.0 Å². The second kappa shape index (κ2) is 18.1. The molecule has 4 aromatic heterocycles. The van der Waals surface area contributed by atoms with Gasteiger partial charge in [-0.15, -0.1) is 0 Å². The molecule has 8 rings (SSSR count). The number of anilines is 2. The van der Waals surface area contributed by atoms with Crippen molar-refractivity contribution in [2.24, 2.45) is 0 Å². The molecule has 0 radical (unpaired) electrons. The first-order valence-electron chi connectivity index (χ1n) is 18.4. The van der Waals surface area contributed by atoms with Gasteiger partial charge < -0.3 is 25.6 Å². The van der Waals surface area contributed by atoms with Gasteiger partial charge in [-0.3, -0.25) is 0 Å². The summed E-state index contributed by atoms with van der Waals surface area (Å²) in [4.78, 5) is 23.3. The predicted octanol–water partition coefficient (Wildman–Crippen LogP) is 9.10. The molecular formula is C39H42Cl4N10O2. The molecule has 55 heavy (non-hydrogen) atoms. The highest BCUT2D eigenvalue weighted by atomic mass is 35.5. The Labute approximate surface area is 339 Å². The lowest BCUT2D eigenvalue weighted by molar-refractivity contribution is 0.0968. The lowest BCUT2D eigenvalue weighted by Gasteiger charge is -2.31. The van der Waals surface area contributed by atoms with Crippen LogP contribution >= 0.6 is 46.4 Å². The summed E-state index contributed by atoms with van der Waals surface area (Å²) < 4.78 is 8.72. The number of aromatic nitrogens is 6. The van der Waals surface area contributed by atoms with Gasteiger partial charge in [-0.25, -0.2) is 14.8 Å². The average Bonchev–Trinajstić information content (AvgIpc) is 3.88. The molecule has 0 saturated carbocycles. The number of carbonyl (C=O) groups is 1. The van der Waals surface area contributed by atoms with Crippen LogP contribution in [0, 0.1) is 0 Å². The molecule has 16 heteroatoms. The van der Waals surface area contributed by atoms with E-state index in [4.69, 9.17) is 61.1 Å². The summed E-state index contributed by atoms with van der Waals surface area (Å²) >= 11 is 24.5. The van der Waals surface area contributed by atoms with E-state index in [1.807, 2.05) is 53.9 Å². The number of benzene rings is 2. The van der Waals surface area contributed by atoms with Crippen LogP contribution in [0.3, 0.4) is 0 Å². The number of halogens is 4. The van der Waals surface area contributed by atoms with E-state index < -0.39 is 0 Å². The van der Waals surface area contributed by atoms with E-state index in [0.717, 1.165) is 84.2 Å². The summed E-state index contributed by atoms with van der Waals surface area (Å²) in [6.07, 6.45) is 7.18. The van der Waals surface area contributed by atoms with E-state index in [1.54, 1.807) is 33.9 Å². The number of nitrogens with zero attached hydrogens (tertiary/aromatic N) is 7. The molecule has 2 aromatic carbocycles. The Balaban J connectivity index is 0.000000172. The first-order chi connectivity index (χ1) is 26.7. The van der Waals surface area contributed by atoms with Gasteiger partial charge in [0.1, 0.15) is 11.6 Å². The third-order valence-corrected chi connectivity index (χ3v) is 11.1. The van der Waals surface area contributed by atoms with E-state index >= 15 is 0 Å². The molecule has 2 aliphatic heterocycles. The molecule has 0 bridgehead atoms. The third-order valence-electron chi connectivity index (χ3n) is 9.91. The number of amides is 1. The molecule has 6 aromatic rings. The van der Waals surface area contributed by atoms with E-state index in [9.17, 15) is 4.79 Å². The highest BCUT2D eigenvalue weighted by Gasteiger charge is 2.26. The fourth-order valence-corrected chi connectivity index (χ4v) is 7.88. The molecule has 0 spiro atoms. The Kier molecular flexibility index (Phi) is 12.8. The SMILES string of the molecule is CCOC(=O)N1CCC(c2cc(NCc3ccc(Cl)cc3Cl)n3nccc3n2)CC1.Clc1ccc(CNc2cc(C3CCNCC3)nc3ccnn23)c(Cl)c1. The van der Waals surface area contributed by atoms with Crippen molar-refractivity contribution in [3.8, 4) is 0 Å². The van der Waals surface area contributed by atoms with Gasteiger partial charge in [-0.2, -0.15) is 19.2 Å². The molecule has 6 heterocycles. The largest absolute Gasteiger partial charge is 0.450 e. The lowest BCUT2D eigenvalue weighted by atomic mass is 9.93. The molecular weight excluding hydrogens is 782 g/mol. The molecule has 2 aliphatic rings. The molecule has 0 aliphatic carbocycles. The zero-order chi connectivity index (χ0) is 38.3. The molecule has 288 valence electrons.